The van der Waals surface area contributed by atoms with Gasteiger partial charge >= 0.3 is 0 Å². The first-order valence-corrected chi connectivity index (χ1v) is 5.89. The van der Waals surface area contributed by atoms with Gasteiger partial charge in [0.1, 0.15) is 0 Å². The third-order valence-electron chi connectivity index (χ3n) is 1.48. The molecule has 0 aromatic carbocycles. The smallest absolute Gasteiger partial charge is 0.154 e. The Bertz CT molecular complexity index is 228. The molecule has 1 aromatic heterocycles. The summed E-state index contributed by atoms with van der Waals surface area (Å²) in [5, 5.41) is 3.69. The fourth-order valence-corrected chi connectivity index (χ4v) is 1.47. The molecule has 1 aromatic rings. The molecule has 0 saturated heterocycles. The number of thiophene rings is 1. The van der Waals surface area contributed by atoms with Crippen LogP contribution in [0.3, 0.4) is 0 Å². The molecule has 0 saturated carbocycles. The maximum Gasteiger partial charge on any atom is 0.154 e. The molecule has 1 heterocycles. The Balaban J connectivity index is 0.000000262. The van der Waals surface area contributed by atoms with Crippen molar-refractivity contribution >= 4 is 17.6 Å². The predicted octanol–water partition coefficient (Wildman–Crippen LogP) is 2.97. The van der Waals surface area contributed by atoms with Gasteiger partial charge in [-0.05, 0) is 32.2 Å². The van der Waals surface area contributed by atoms with Gasteiger partial charge in [0.25, 0.3) is 0 Å². The van der Waals surface area contributed by atoms with E-state index in [1.54, 1.807) is 6.07 Å². The lowest BCUT2D eigenvalue weighted by Gasteiger charge is -2.09. The summed E-state index contributed by atoms with van der Waals surface area (Å²) < 4.78 is 10.1. The lowest BCUT2D eigenvalue weighted by atomic mass is 10.4. The fourth-order valence-electron chi connectivity index (χ4n) is 0.860. The average molecular weight is 230 g/mol. The Kier molecular flexibility index (Phi) is 9.36. The minimum atomic E-state index is -0.0370. The number of hydrogen-bond donors (Lipinski definition) is 0. The van der Waals surface area contributed by atoms with Crippen LogP contribution in [0.1, 0.15) is 31.1 Å². The van der Waals surface area contributed by atoms with Gasteiger partial charge in [-0.25, -0.2) is 0 Å². The molecular weight excluding hydrogens is 212 g/mol. The minimum Gasteiger partial charge on any atom is -0.353 e. The highest BCUT2D eigenvalue weighted by atomic mass is 32.1. The number of carbonyl (C=O) groups is 1. The summed E-state index contributed by atoms with van der Waals surface area (Å²) in [5.74, 6) is 0. The predicted molar refractivity (Wildman–Crippen MR) is 62.4 cm³/mol. The second-order valence-corrected chi connectivity index (χ2v) is 3.43. The quantitative estimate of drug-likeness (QED) is 0.576. The molecule has 0 N–H and O–H groups in total. The van der Waals surface area contributed by atoms with Crippen LogP contribution in [0.2, 0.25) is 0 Å². The first kappa shape index (κ1) is 14.3. The Labute approximate surface area is 95.0 Å². The molecule has 0 spiro atoms. The zero-order valence-corrected chi connectivity index (χ0v) is 10.3. The third-order valence-corrected chi connectivity index (χ3v) is 2.18. The van der Waals surface area contributed by atoms with Crippen LogP contribution >= 0.6 is 11.3 Å². The molecule has 0 aliphatic carbocycles. The molecule has 0 amide bonds. The number of aldehydes is 1. The van der Waals surface area contributed by atoms with Crippen molar-refractivity contribution in [1.29, 1.82) is 0 Å². The largest absolute Gasteiger partial charge is 0.353 e. The highest BCUT2D eigenvalue weighted by molar-refractivity contribution is 7.08. The summed E-state index contributed by atoms with van der Waals surface area (Å²) in [6, 6.07) is 1.79. The van der Waals surface area contributed by atoms with E-state index < -0.39 is 0 Å². The second-order valence-electron chi connectivity index (χ2n) is 2.65. The molecule has 3 nitrogen and oxygen atoms in total. The van der Waals surface area contributed by atoms with Crippen molar-refractivity contribution in [2.75, 3.05) is 13.2 Å². The van der Waals surface area contributed by atoms with Crippen molar-refractivity contribution in [3.05, 3.63) is 22.4 Å². The molecule has 15 heavy (non-hydrogen) atoms. The van der Waals surface area contributed by atoms with Crippen LogP contribution in [-0.2, 0) is 9.47 Å². The van der Waals surface area contributed by atoms with Gasteiger partial charge in [0, 0.05) is 24.2 Å². The van der Waals surface area contributed by atoms with Gasteiger partial charge in [0.15, 0.2) is 12.6 Å². The summed E-state index contributed by atoms with van der Waals surface area (Å²) >= 11 is 1.53. The van der Waals surface area contributed by atoms with E-state index in [2.05, 4.69) is 0 Å². The highest BCUT2D eigenvalue weighted by Crippen LogP contribution is 2.00. The van der Waals surface area contributed by atoms with Gasteiger partial charge in [0.2, 0.25) is 0 Å². The maximum atomic E-state index is 9.87. The van der Waals surface area contributed by atoms with Crippen LogP contribution in [0.15, 0.2) is 16.8 Å². The summed E-state index contributed by atoms with van der Waals surface area (Å²) in [6.07, 6.45) is 0.807. The van der Waals surface area contributed by atoms with Gasteiger partial charge in [-0.15, -0.1) is 0 Å². The molecule has 1 rings (SSSR count). The molecule has 0 aliphatic rings. The fraction of sp³-hybridized carbons (Fsp3) is 0.545. The summed E-state index contributed by atoms with van der Waals surface area (Å²) in [7, 11) is 0. The molecular formula is C11H18O3S. The number of hydrogen-bond acceptors (Lipinski definition) is 4. The van der Waals surface area contributed by atoms with Gasteiger partial charge in [-0.1, -0.05) is 0 Å². The van der Waals surface area contributed by atoms with E-state index >= 15 is 0 Å². The summed E-state index contributed by atoms with van der Waals surface area (Å²) in [4.78, 5) is 9.87. The van der Waals surface area contributed by atoms with Crippen LogP contribution in [0.25, 0.3) is 0 Å². The first-order valence-electron chi connectivity index (χ1n) is 4.95. The molecule has 0 bridgehead atoms. The Hall–Kier alpha value is -0.710. The van der Waals surface area contributed by atoms with Crippen molar-refractivity contribution in [1.82, 2.24) is 0 Å². The number of ether oxygens (including phenoxy) is 2. The summed E-state index contributed by atoms with van der Waals surface area (Å²) in [5.41, 5.74) is 0.769. The van der Waals surface area contributed by atoms with Gasteiger partial charge in [0.05, 0.1) is 0 Å². The van der Waals surface area contributed by atoms with Gasteiger partial charge in [-0.2, -0.15) is 11.3 Å². The van der Waals surface area contributed by atoms with Crippen molar-refractivity contribution in [2.24, 2.45) is 0 Å². The van der Waals surface area contributed by atoms with E-state index in [1.807, 2.05) is 31.5 Å². The van der Waals surface area contributed by atoms with Crippen LogP contribution in [0.4, 0.5) is 0 Å². The normalized spacial score (nSPS) is 9.60. The lowest BCUT2D eigenvalue weighted by Crippen LogP contribution is -2.11. The van der Waals surface area contributed by atoms with Crippen molar-refractivity contribution in [3.63, 3.8) is 0 Å². The van der Waals surface area contributed by atoms with Gasteiger partial charge in [-0.3, -0.25) is 4.79 Å². The Morgan fingerprint density at radius 2 is 2.00 bits per heavy atom. The Morgan fingerprint density at radius 1 is 1.40 bits per heavy atom. The second kappa shape index (κ2) is 9.83. The molecule has 0 unspecified atom stereocenters. The zero-order chi connectivity index (χ0) is 11.5. The molecule has 0 radical (unpaired) electrons. The molecule has 0 aliphatic heterocycles. The number of carbonyl (C=O) groups excluding carboxylic acids is 1. The van der Waals surface area contributed by atoms with Crippen LogP contribution in [-0.4, -0.2) is 25.8 Å². The molecule has 4 heteroatoms. The Morgan fingerprint density at radius 3 is 2.27 bits per heavy atom. The SMILES string of the molecule is CCOC(C)OCC.O=Cc1ccsc1. The van der Waals surface area contributed by atoms with Crippen LogP contribution in [0.5, 0.6) is 0 Å². The van der Waals surface area contributed by atoms with Crippen molar-refractivity contribution in [2.45, 2.75) is 27.1 Å². The van der Waals surface area contributed by atoms with Crippen LogP contribution in [0, 0.1) is 0 Å². The zero-order valence-electron chi connectivity index (χ0n) is 9.43. The van der Waals surface area contributed by atoms with E-state index in [-0.39, 0.29) is 6.29 Å². The maximum absolute atomic E-state index is 9.87. The first-order chi connectivity index (χ1) is 7.24. The molecule has 86 valence electrons. The standard InChI is InChI=1S/C6H14O2.C5H4OS/c1-4-7-6(3)8-5-2;6-3-5-1-2-7-4-5/h6H,4-5H2,1-3H3;1-4H. The third kappa shape index (κ3) is 8.30. The van der Waals surface area contributed by atoms with E-state index in [9.17, 15) is 4.79 Å². The van der Waals surface area contributed by atoms with Crippen molar-refractivity contribution < 1.29 is 14.3 Å². The number of rotatable bonds is 5. The van der Waals surface area contributed by atoms with E-state index in [0.29, 0.717) is 0 Å². The van der Waals surface area contributed by atoms with Crippen LogP contribution < -0.4 is 0 Å². The van der Waals surface area contributed by atoms with Crippen molar-refractivity contribution in [3.8, 4) is 0 Å². The van der Waals surface area contributed by atoms with E-state index in [1.165, 1.54) is 11.3 Å². The average Bonchev–Trinajstić information content (AvgIpc) is 2.72. The molecule has 0 atom stereocenters. The summed E-state index contributed by atoms with van der Waals surface area (Å²) in [6.45, 7) is 7.25. The topological polar surface area (TPSA) is 35.5 Å². The molecule has 0 fully saturated rings. The van der Waals surface area contributed by atoms with Gasteiger partial charge < -0.3 is 9.47 Å². The highest BCUT2D eigenvalue weighted by Gasteiger charge is 1.94. The monoisotopic (exact) mass is 230 g/mol. The van der Waals surface area contributed by atoms with E-state index in [4.69, 9.17) is 9.47 Å². The van der Waals surface area contributed by atoms with E-state index in [0.717, 1.165) is 25.1 Å². The lowest BCUT2D eigenvalue weighted by molar-refractivity contribution is -0.123. The minimum absolute atomic E-state index is 0.0370.